The number of hydrogen-bond donors (Lipinski definition) is 2. The van der Waals surface area contributed by atoms with Crippen molar-refractivity contribution in [1.29, 1.82) is 0 Å². The molecular formula is C20H16FN3O3. The van der Waals surface area contributed by atoms with Crippen LogP contribution >= 0.6 is 0 Å². The molecule has 0 bridgehead atoms. The molecule has 1 spiro atoms. The molecule has 3 heterocycles. The van der Waals surface area contributed by atoms with Gasteiger partial charge in [0.1, 0.15) is 11.4 Å². The minimum absolute atomic E-state index is 0.188. The molecule has 2 N–H and O–H groups in total. The predicted molar refractivity (Wildman–Crippen MR) is 95.2 cm³/mol. The number of hydrogen-bond acceptors (Lipinski definition) is 4. The van der Waals surface area contributed by atoms with E-state index in [4.69, 9.17) is 0 Å². The quantitative estimate of drug-likeness (QED) is 0.755. The smallest absolute Gasteiger partial charge is 0.250 e. The van der Waals surface area contributed by atoms with Gasteiger partial charge in [-0.2, -0.15) is 0 Å². The third-order valence-corrected chi connectivity index (χ3v) is 5.84. The van der Waals surface area contributed by atoms with Gasteiger partial charge < -0.3 is 5.32 Å². The first-order valence-electron chi connectivity index (χ1n) is 8.77. The first kappa shape index (κ1) is 16.1. The van der Waals surface area contributed by atoms with Crippen molar-refractivity contribution in [1.82, 2.24) is 5.32 Å². The van der Waals surface area contributed by atoms with Crippen LogP contribution in [0.2, 0.25) is 0 Å². The minimum Gasteiger partial charge on any atom is -0.324 e. The number of imide groups is 1. The van der Waals surface area contributed by atoms with Gasteiger partial charge in [-0.3, -0.25) is 19.7 Å². The normalized spacial score (nSPS) is 31.4. The first-order chi connectivity index (χ1) is 12.9. The van der Waals surface area contributed by atoms with Gasteiger partial charge in [-0.05, 0) is 31.2 Å². The van der Waals surface area contributed by atoms with Crippen molar-refractivity contribution in [3.63, 3.8) is 0 Å². The van der Waals surface area contributed by atoms with Crippen LogP contribution in [0, 0.1) is 17.7 Å². The lowest BCUT2D eigenvalue weighted by Crippen LogP contribution is -2.53. The average Bonchev–Trinajstić information content (AvgIpc) is 3.20. The largest absolute Gasteiger partial charge is 0.324 e. The van der Waals surface area contributed by atoms with Gasteiger partial charge in [-0.25, -0.2) is 9.29 Å². The van der Waals surface area contributed by atoms with Crippen molar-refractivity contribution in [2.24, 2.45) is 11.8 Å². The Bertz CT molecular complexity index is 1020. The average molecular weight is 365 g/mol. The number of amides is 3. The number of nitrogens with one attached hydrogen (secondary N) is 2. The number of rotatable bonds is 1. The van der Waals surface area contributed by atoms with Crippen LogP contribution < -0.4 is 15.5 Å². The third kappa shape index (κ3) is 1.89. The van der Waals surface area contributed by atoms with Gasteiger partial charge in [0, 0.05) is 17.3 Å². The van der Waals surface area contributed by atoms with Crippen molar-refractivity contribution in [2.75, 3.05) is 10.2 Å². The maximum atomic E-state index is 13.7. The number of benzene rings is 2. The molecule has 136 valence electrons. The lowest BCUT2D eigenvalue weighted by Gasteiger charge is -2.29. The van der Waals surface area contributed by atoms with Crippen LogP contribution in [0.5, 0.6) is 0 Å². The molecular weight excluding hydrogens is 349 g/mol. The molecule has 3 amide bonds. The summed E-state index contributed by atoms with van der Waals surface area (Å²) in [5.41, 5.74) is 0.188. The van der Waals surface area contributed by atoms with Crippen molar-refractivity contribution in [2.45, 2.75) is 18.5 Å². The Balaban J connectivity index is 1.67. The van der Waals surface area contributed by atoms with Gasteiger partial charge >= 0.3 is 0 Å². The van der Waals surface area contributed by atoms with Crippen LogP contribution in [0.1, 0.15) is 12.5 Å². The van der Waals surface area contributed by atoms with E-state index in [1.807, 2.05) is 0 Å². The maximum Gasteiger partial charge on any atom is 0.250 e. The summed E-state index contributed by atoms with van der Waals surface area (Å²) >= 11 is 0. The molecule has 7 heteroatoms. The first-order valence-corrected chi connectivity index (χ1v) is 8.77. The zero-order valence-corrected chi connectivity index (χ0v) is 14.4. The van der Waals surface area contributed by atoms with Crippen LogP contribution in [0.3, 0.4) is 0 Å². The van der Waals surface area contributed by atoms with E-state index in [1.165, 1.54) is 18.2 Å². The van der Waals surface area contributed by atoms with Gasteiger partial charge in [0.05, 0.1) is 17.5 Å². The number of halogens is 1. The lowest BCUT2D eigenvalue weighted by atomic mass is 9.76. The number of anilines is 2. The summed E-state index contributed by atoms with van der Waals surface area (Å²) in [6.07, 6.45) is 0. The van der Waals surface area contributed by atoms with Crippen molar-refractivity contribution >= 4 is 29.1 Å². The Kier molecular flexibility index (Phi) is 3.13. The summed E-state index contributed by atoms with van der Waals surface area (Å²) in [6.45, 7) is 1.79. The van der Waals surface area contributed by atoms with E-state index in [2.05, 4.69) is 10.6 Å². The van der Waals surface area contributed by atoms with Gasteiger partial charge in [0.2, 0.25) is 17.7 Å². The summed E-state index contributed by atoms with van der Waals surface area (Å²) in [5, 5.41) is 6.05. The SMILES string of the molecule is C[C@@H]1N[C@@]2(C(=O)Nc3ccccc32)[C@@H]2C(=O)N(c3cccc(F)c3)C(=O)[C@H]12. The lowest BCUT2D eigenvalue weighted by molar-refractivity contribution is -0.130. The molecule has 0 aliphatic carbocycles. The molecule has 4 atom stereocenters. The number of para-hydroxylation sites is 1. The van der Waals surface area contributed by atoms with E-state index >= 15 is 0 Å². The van der Waals surface area contributed by atoms with Crippen LogP contribution in [-0.2, 0) is 19.9 Å². The third-order valence-electron chi connectivity index (χ3n) is 5.84. The van der Waals surface area contributed by atoms with Crippen LogP contribution in [0.25, 0.3) is 0 Å². The fourth-order valence-corrected chi connectivity index (χ4v) is 4.79. The summed E-state index contributed by atoms with van der Waals surface area (Å²) in [7, 11) is 0. The molecule has 5 rings (SSSR count). The number of carbonyl (C=O) groups excluding carboxylic acids is 3. The maximum absolute atomic E-state index is 13.7. The van der Waals surface area contributed by atoms with Crippen LogP contribution in [0.4, 0.5) is 15.8 Å². The highest BCUT2D eigenvalue weighted by Crippen LogP contribution is 2.53. The number of fused-ring (bicyclic) bond motifs is 4. The van der Waals surface area contributed by atoms with Crippen LogP contribution in [0.15, 0.2) is 48.5 Å². The Morgan fingerprint density at radius 1 is 1.04 bits per heavy atom. The highest BCUT2D eigenvalue weighted by molar-refractivity contribution is 6.25. The molecule has 2 fully saturated rings. The van der Waals surface area contributed by atoms with E-state index < -0.39 is 35.0 Å². The van der Waals surface area contributed by atoms with Crippen molar-refractivity contribution in [3.8, 4) is 0 Å². The fourth-order valence-electron chi connectivity index (χ4n) is 4.79. The summed E-state index contributed by atoms with van der Waals surface area (Å²) in [6, 6.07) is 12.2. The molecule has 27 heavy (non-hydrogen) atoms. The topological polar surface area (TPSA) is 78.5 Å². The highest BCUT2D eigenvalue weighted by Gasteiger charge is 2.69. The highest BCUT2D eigenvalue weighted by atomic mass is 19.1. The molecule has 0 saturated carbocycles. The molecule has 6 nitrogen and oxygen atoms in total. The summed E-state index contributed by atoms with van der Waals surface area (Å²) in [4.78, 5) is 40.4. The zero-order chi connectivity index (χ0) is 18.9. The summed E-state index contributed by atoms with van der Waals surface area (Å²) < 4.78 is 13.7. The van der Waals surface area contributed by atoms with E-state index in [9.17, 15) is 18.8 Å². The van der Waals surface area contributed by atoms with Crippen molar-refractivity contribution in [3.05, 3.63) is 59.9 Å². The molecule has 3 aliphatic rings. The van der Waals surface area contributed by atoms with E-state index in [-0.39, 0.29) is 17.6 Å². The molecule has 0 unspecified atom stereocenters. The van der Waals surface area contributed by atoms with Gasteiger partial charge in [-0.1, -0.05) is 24.3 Å². The standard InChI is InChI=1S/C20H16FN3O3/c1-10-15-16(18(26)24(17(15)25)12-6-4-5-11(21)9-12)20(23-10)13-7-2-3-8-14(13)22-19(20)27/h2-10,15-16,23H,1H3,(H,22,27)/t10-,15+,16-,20+/m0/s1. The Morgan fingerprint density at radius 2 is 1.81 bits per heavy atom. The second-order valence-electron chi connectivity index (χ2n) is 7.24. The second-order valence-corrected chi connectivity index (χ2v) is 7.24. The molecule has 2 aromatic rings. The second kappa shape index (κ2) is 5.23. The van der Waals surface area contributed by atoms with Gasteiger partial charge in [0.25, 0.3) is 0 Å². The van der Waals surface area contributed by atoms with Crippen molar-refractivity contribution < 1.29 is 18.8 Å². The Labute approximate surface area is 154 Å². The molecule has 3 aliphatic heterocycles. The predicted octanol–water partition coefficient (Wildman–Crippen LogP) is 1.77. The Morgan fingerprint density at radius 3 is 2.59 bits per heavy atom. The van der Waals surface area contributed by atoms with E-state index in [1.54, 1.807) is 31.2 Å². The minimum atomic E-state index is -1.30. The van der Waals surface area contributed by atoms with Gasteiger partial charge in [0.15, 0.2) is 0 Å². The fraction of sp³-hybridized carbons (Fsp3) is 0.250. The summed E-state index contributed by atoms with van der Waals surface area (Å²) in [5.74, 6) is -3.35. The molecule has 0 aromatic heterocycles. The molecule has 2 aromatic carbocycles. The van der Waals surface area contributed by atoms with Gasteiger partial charge in [-0.15, -0.1) is 0 Å². The number of carbonyl (C=O) groups is 3. The Hall–Kier alpha value is -3.06. The van der Waals surface area contributed by atoms with E-state index in [0.717, 1.165) is 11.0 Å². The number of nitrogens with zero attached hydrogens (tertiary/aromatic N) is 1. The monoisotopic (exact) mass is 365 g/mol. The molecule has 0 radical (unpaired) electrons. The zero-order valence-electron chi connectivity index (χ0n) is 14.4. The van der Waals surface area contributed by atoms with E-state index in [0.29, 0.717) is 11.3 Å². The molecule has 2 saturated heterocycles. The van der Waals surface area contributed by atoms with Crippen LogP contribution in [-0.4, -0.2) is 23.8 Å².